The molecule has 1 aliphatic rings. The third-order valence-corrected chi connectivity index (χ3v) is 4.82. The summed E-state index contributed by atoms with van der Waals surface area (Å²) < 4.78 is 19.0. The van der Waals surface area contributed by atoms with Crippen molar-refractivity contribution in [1.29, 1.82) is 0 Å². The Labute approximate surface area is 75.3 Å². The molecule has 1 fully saturated rings. The highest BCUT2D eigenvalue weighted by molar-refractivity contribution is 7.93. The Kier molecular flexibility index (Phi) is 2.50. The minimum absolute atomic E-state index is 0.273. The summed E-state index contributed by atoms with van der Waals surface area (Å²) in [4.78, 5) is 0. The van der Waals surface area contributed by atoms with Gasteiger partial charge in [-0.3, -0.25) is 0 Å². The normalized spacial score (nSPS) is 23.3. The minimum atomic E-state index is -2.20. The number of nitrogens with zero attached hydrogens (tertiary/aromatic N) is 1. The summed E-state index contributed by atoms with van der Waals surface area (Å²) in [5, 5.41) is 0. The average Bonchev–Trinajstić information content (AvgIpc) is 2.69. The smallest absolute Gasteiger partial charge is 0.112 e. The molecule has 0 aliphatic heterocycles. The molecule has 1 aliphatic carbocycles. The first-order chi connectivity index (χ1) is 5.39. The summed E-state index contributed by atoms with van der Waals surface area (Å²) in [6.07, 6.45) is 2.28. The Morgan fingerprint density at radius 2 is 1.92 bits per heavy atom. The van der Waals surface area contributed by atoms with Gasteiger partial charge in [-0.15, -0.1) is 0 Å². The molecule has 72 valence electrons. The molecule has 0 aromatic rings. The van der Waals surface area contributed by atoms with E-state index in [4.69, 9.17) is 0 Å². The highest BCUT2D eigenvalue weighted by Crippen LogP contribution is 2.24. The van der Waals surface area contributed by atoms with Gasteiger partial charge in [0.2, 0.25) is 0 Å². The van der Waals surface area contributed by atoms with Gasteiger partial charge < -0.3 is 0 Å². The van der Waals surface area contributed by atoms with Crippen molar-refractivity contribution in [3.8, 4) is 0 Å². The van der Waals surface area contributed by atoms with E-state index in [1.54, 1.807) is 7.05 Å². The second-order valence-electron chi connectivity index (χ2n) is 4.21. The first kappa shape index (κ1) is 9.99. The zero-order chi connectivity index (χ0) is 9.41. The third-order valence-electron chi connectivity index (χ3n) is 1.99. The average molecular weight is 190 g/mol. The van der Waals surface area contributed by atoms with Crippen LogP contribution in [0.1, 0.15) is 33.6 Å². The molecule has 3 nitrogen and oxygen atoms in total. The van der Waals surface area contributed by atoms with Gasteiger partial charge in [-0.05, 0) is 33.6 Å². The molecule has 1 N–H and O–H groups in total. The molecular formula is C8H18N2OS. The summed E-state index contributed by atoms with van der Waals surface area (Å²) in [6, 6.07) is 0.445. The second kappa shape index (κ2) is 3.00. The fraction of sp³-hybridized carbons (Fsp3) is 1.00. The van der Waals surface area contributed by atoms with Crippen molar-refractivity contribution in [2.45, 2.75) is 44.4 Å². The summed E-state index contributed by atoms with van der Waals surface area (Å²) in [5.41, 5.74) is 0. The lowest BCUT2D eigenvalue weighted by Gasteiger charge is -2.24. The molecule has 0 saturated heterocycles. The lowest BCUT2D eigenvalue weighted by molar-refractivity contribution is 0.623. The SMILES string of the molecule is CN=S(=O)(NC1CC1)C(C)(C)C. The first-order valence-corrected chi connectivity index (χ1v) is 5.82. The topological polar surface area (TPSA) is 41.5 Å². The molecule has 0 aromatic carbocycles. The van der Waals surface area contributed by atoms with E-state index in [2.05, 4.69) is 9.08 Å². The van der Waals surface area contributed by atoms with Crippen LogP contribution in [0.15, 0.2) is 4.36 Å². The lowest BCUT2D eigenvalue weighted by atomic mass is 10.3. The predicted molar refractivity (Wildman–Crippen MR) is 52.4 cm³/mol. The van der Waals surface area contributed by atoms with Crippen molar-refractivity contribution in [2.75, 3.05) is 7.05 Å². The molecule has 1 atom stereocenters. The number of hydrogen-bond acceptors (Lipinski definition) is 2. The van der Waals surface area contributed by atoms with Crippen molar-refractivity contribution in [1.82, 2.24) is 4.72 Å². The van der Waals surface area contributed by atoms with Gasteiger partial charge >= 0.3 is 0 Å². The predicted octanol–water partition coefficient (Wildman–Crippen LogP) is 1.55. The van der Waals surface area contributed by atoms with Gasteiger partial charge in [-0.25, -0.2) is 13.3 Å². The molecule has 0 bridgehead atoms. The molecule has 1 saturated carbocycles. The molecule has 1 unspecified atom stereocenters. The van der Waals surface area contributed by atoms with Gasteiger partial charge in [0, 0.05) is 13.1 Å². The highest BCUT2D eigenvalue weighted by Gasteiger charge is 2.32. The maximum absolute atomic E-state index is 12.1. The standard InChI is InChI=1S/C8H18N2OS/c1-8(2,3)12(11,9-4)10-7-5-6-7/h7H,5-6H2,1-4H3,(H,9,10,11). The first-order valence-electron chi connectivity index (χ1n) is 4.31. The van der Waals surface area contributed by atoms with Gasteiger partial charge in [0.25, 0.3) is 0 Å². The molecular weight excluding hydrogens is 172 g/mol. The van der Waals surface area contributed by atoms with Crippen LogP contribution in [0.2, 0.25) is 0 Å². The van der Waals surface area contributed by atoms with Crippen LogP contribution in [0.4, 0.5) is 0 Å². The van der Waals surface area contributed by atoms with Crippen molar-refractivity contribution in [3.63, 3.8) is 0 Å². The maximum atomic E-state index is 12.1. The van der Waals surface area contributed by atoms with Gasteiger partial charge in [-0.2, -0.15) is 0 Å². The van der Waals surface area contributed by atoms with E-state index in [9.17, 15) is 4.21 Å². The second-order valence-corrected chi connectivity index (χ2v) is 7.09. The minimum Gasteiger partial charge on any atom is -0.233 e. The van der Waals surface area contributed by atoms with Gasteiger partial charge in [0.05, 0.1) is 4.75 Å². The quantitative estimate of drug-likeness (QED) is 0.705. The summed E-state index contributed by atoms with van der Waals surface area (Å²) in [5.74, 6) is 0. The summed E-state index contributed by atoms with van der Waals surface area (Å²) in [6.45, 7) is 5.87. The fourth-order valence-corrected chi connectivity index (χ4v) is 2.62. The largest absolute Gasteiger partial charge is 0.233 e. The molecule has 0 amide bonds. The molecule has 12 heavy (non-hydrogen) atoms. The zero-order valence-corrected chi connectivity index (χ0v) is 9.07. The Bertz CT molecular complexity index is 267. The zero-order valence-electron chi connectivity index (χ0n) is 8.26. The van der Waals surface area contributed by atoms with Crippen LogP contribution in [-0.4, -0.2) is 22.0 Å². The number of rotatable bonds is 2. The Hall–Kier alpha value is -0.0900. The van der Waals surface area contributed by atoms with E-state index in [1.165, 1.54) is 0 Å². The summed E-state index contributed by atoms with van der Waals surface area (Å²) in [7, 11) is -0.577. The third kappa shape index (κ3) is 1.98. The lowest BCUT2D eigenvalue weighted by Crippen LogP contribution is -2.40. The van der Waals surface area contributed by atoms with Crippen LogP contribution in [-0.2, 0) is 9.92 Å². The molecule has 0 aromatic heterocycles. The maximum Gasteiger partial charge on any atom is 0.112 e. The Morgan fingerprint density at radius 1 is 1.42 bits per heavy atom. The van der Waals surface area contributed by atoms with Crippen LogP contribution < -0.4 is 4.72 Å². The van der Waals surface area contributed by atoms with Crippen LogP contribution in [0.3, 0.4) is 0 Å². The van der Waals surface area contributed by atoms with E-state index < -0.39 is 9.92 Å². The van der Waals surface area contributed by atoms with E-state index in [0.29, 0.717) is 6.04 Å². The van der Waals surface area contributed by atoms with Crippen molar-refractivity contribution in [3.05, 3.63) is 0 Å². The van der Waals surface area contributed by atoms with Gasteiger partial charge in [-0.1, -0.05) is 0 Å². The Balaban J connectivity index is 2.82. The van der Waals surface area contributed by atoms with E-state index in [1.807, 2.05) is 20.8 Å². The van der Waals surface area contributed by atoms with E-state index in [-0.39, 0.29) is 4.75 Å². The van der Waals surface area contributed by atoms with Crippen molar-refractivity contribution < 1.29 is 4.21 Å². The molecule has 4 heteroatoms. The highest BCUT2D eigenvalue weighted by atomic mass is 32.2. The van der Waals surface area contributed by atoms with E-state index in [0.717, 1.165) is 12.8 Å². The fourth-order valence-electron chi connectivity index (χ4n) is 0.930. The van der Waals surface area contributed by atoms with Crippen molar-refractivity contribution in [2.24, 2.45) is 4.36 Å². The molecule has 1 rings (SSSR count). The molecule has 0 radical (unpaired) electrons. The van der Waals surface area contributed by atoms with Crippen LogP contribution >= 0.6 is 0 Å². The Morgan fingerprint density at radius 3 is 2.17 bits per heavy atom. The number of nitrogens with one attached hydrogen (secondary N) is 1. The van der Waals surface area contributed by atoms with Gasteiger partial charge in [0.15, 0.2) is 0 Å². The number of hydrogen-bond donors (Lipinski definition) is 1. The van der Waals surface area contributed by atoms with Crippen LogP contribution in [0, 0.1) is 0 Å². The molecule has 0 heterocycles. The van der Waals surface area contributed by atoms with Crippen molar-refractivity contribution >= 4 is 9.92 Å². The van der Waals surface area contributed by atoms with Gasteiger partial charge in [0.1, 0.15) is 9.92 Å². The molecule has 0 spiro atoms. The summed E-state index contributed by atoms with van der Waals surface area (Å²) >= 11 is 0. The van der Waals surface area contributed by atoms with Crippen LogP contribution in [0.5, 0.6) is 0 Å². The van der Waals surface area contributed by atoms with E-state index >= 15 is 0 Å². The van der Waals surface area contributed by atoms with Crippen LogP contribution in [0.25, 0.3) is 0 Å². The monoisotopic (exact) mass is 190 g/mol.